The van der Waals surface area contributed by atoms with Gasteiger partial charge >= 0.3 is 0 Å². The molecular formula is C61H85AlCl2O4. The van der Waals surface area contributed by atoms with Crippen molar-refractivity contribution in [3.05, 3.63) is 154 Å². The Morgan fingerprint density at radius 2 is 1.03 bits per heavy atom. The van der Waals surface area contributed by atoms with Crippen molar-refractivity contribution in [3.63, 3.8) is 0 Å². The fourth-order valence-electron chi connectivity index (χ4n) is 11.0. The highest BCUT2D eigenvalue weighted by Crippen LogP contribution is 2.53. The van der Waals surface area contributed by atoms with E-state index in [1.54, 1.807) is 15.8 Å². The van der Waals surface area contributed by atoms with Gasteiger partial charge in [0, 0.05) is 28.9 Å². The Morgan fingerprint density at radius 3 is 1.47 bits per heavy atom. The first-order valence-corrected chi connectivity index (χ1v) is 29.0. The minimum absolute atomic E-state index is 0.00979. The molecule has 2 aliphatic carbocycles. The molecule has 0 saturated heterocycles. The molecule has 4 aromatic rings. The monoisotopic (exact) mass is 979 g/mol. The number of rotatable bonds is 14. The van der Waals surface area contributed by atoms with Gasteiger partial charge in [-0.25, -0.2) is 0 Å². The lowest BCUT2D eigenvalue weighted by Gasteiger charge is -2.46. The third-order valence-electron chi connectivity index (χ3n) is 13.9. The van der Waals surface area contributed by atoms with Gasteiger partial charge in [0.05, 0.1) is 5.34 Å². The van der Waals surface area contributed by atoms with E-state index in [0.29, 0.717) is 17.2 Å². The maximum absolute atomic E-state index is 10.8. The quantitative estimate of drug-likeness (QED) is 0.0669. The molecule has 0 bridgehead atoms. The Bertz CT molecular complexity index is 2180. The van der Waals surface area contributed by atoms with Crippen LogP contribution in [0.4, 0.5) is 0 Å². The Morgan fingerprint density at radius 1 is 0.632 bits per heavy atom. The number of halogens is 2. The summed E-state index contributed by atoms with van der Waals surface area (Å²) >= 11 is 9.12. The summed E-state index contributed by atoms with van der Waals surface area (Å²) in [6, 6.07) is 28.5. The van der Waals surface area contributed by atoms with E-state index in [-0.39, 0.29) is 40.2 Å². The molecule has 1 aliphatic heterocycles. The third-order valence-corrected chi connectivity index (χ3v) is 18.8. The number of aryl methyl sites for hydroxylation is 4. The second kappa shape index (κ2) is 27.7. The van der Waals surface area contributed by atoms with Gasteiger partial charge in [0.2, 0.25) is 0 Å². The summed E-state index contributed by atoms with van der Waals surface area (Å²) in [6.07, 6.45) is 12.4. The van der Waals surface area contributed by atoms with Crippen LogP contribution in [0.5, 0.6) is 23.0 Å². The van der Waals surface area contributed by atoms with Crippen LogP contribution in [0.25, 0.3) is 0 Å². The topological polar surface area (TPSA) is 69.9 Å². The highest BCUT2D eigenvalue weighted by molar-refractivity contribution is 6.58. The minimum atomic E-state index is -0.407. The van der Waals surface area contributed by atoms with E-state index in [9.17, 15) is 15.3 Å². The smallest absolute Gasteiger partial charge is 0.262 e. The van der Waals surface area contributed by atoms with Crippen molar-refractivity contribution in [2.45, 2.75) is 161 Å². The van der Waals surface area contributed by atoms with Crippen molar-refractivity contribution in [1.29, 1.82) is 0 Å². The minimum Gasteiger partial charge on any atom is -0.507 e. The number of ether oxygens (including phenoxy) is 1. The number of phenolic OH excluding ortho intramolecular Hbond substituents is 3. The molecule has 4 aromatic carbocycles. The van der Waals surface area contributed by atoms with E-state index in [4.69, 9.17) is 27.9 Å². The average Bonchev–Trinajstić information content (AvgIpc) is 3.25. The molecule has 7 rings (SSSR count). The highest BCUT2D eigenvalue weighted by Gasteiger charge is 2.45. The van der Waals surface area contributed by atoms with Gasteiger partial charge in [-0.05, 0) is 138 Å². The molecule has 0 aromatic heterocycles. The number of fused-ring (bicyclic) bond motifs is 3. The Labute approximate surface area is 427 Å². The van der Waals surface area contributed by atoms with E-state index < -0.39 is 14.1 Å². The zero-order chi connectivity index (χ0) is 50.1. The molecule has 7 heteroatoms. The summed E-state index contributed by atoms with van der Waals surface area (Å²) in [5.74, 6) is 5.33. The number of hydrogen-bond donors (Lipinski definition) is 3. The van der Waals surface area contributed by atoms with Crippen LogP contribution in [0.1, 0.15) is 147 Å². The molecule has 1 heterocycles. The molecule has 0 unspecified atom stereocenters. The molecule has 0 fully saturated rings. The molecular weight excluding hydrogens is 895 g/mol. The molecule has 68 heavy (non-hydrogen) atoms. The summed E-state index contributed by atoms with van der Waals surface area (Å²) in [4.78, 5) is 0. The first-order valence-electron chi connectivity index (χ1n) is 25.5. The second-order valence-electron chi connectivity index (χ2n) is 21.8. The zero-order valence-electron chi connectivity index (χ0n) is 43.6. The van der Waals surface area contributed by atoms with Gasteiger partial charge in [-0.1, -0.05) is 171 Å². The fraction of sp³-hybridized carbons (Fsp3) is 0.508. The molecule has 0 saturated carbocycles. The van der Waals surface area contributed by atoms with Crippen LogP contribution >= 0.6 is 23.2 Å². The van der Waals surface area contributed by atoms with Crippen LogP contribution in [-0.4, -0.2) is 40.4 Å². The largest absolute Gasteiger partial charge is 0.507 e. The van der Waals surface area contributed by atoms with Crippen LogP contribution in [0, 0.1) is 29.6 Å². The average molecular weight is 980 g/mol. The van der Waals surface area contributed by atoms with E-state index in [0.717, 1.165) is 97.1 Å². The van der Waals surface area contributed by atoms with Gasteiger partial charge in [-0.2, -0.15) is 0 Å². The molecule has 4 nitrogen and oxygen atoms in total. The van der Waals surface area contributed by atoms with Crippen molar-refractivity contribution in [2.24, 2.45) is 29.6 Å². The van der Waals surface area contributed by atoms with E-state index in [1.807, 2.05) is 49.4 Å². The van der Waals surface area contributed by atoms with E-state index in [1.165, 1.54) is 22.3 Å². The van der Waals surface area contributed by atoms with Gasteiger partial charge in [-0.15, -0.1) is 23.2 Å². The first kappa shape index (κ1) is 57.0. The predicted molar refractivity (Wildman–Crippen MR) is 295 cm³/mol. The summed E-state index contributed by atoms with van der Waals surface area (Å²) in [5, 5.41) is 37.0. The number of hydrogen-bond acceptors (Lipinski definition) is 4. The first-order chi connectivity index (χ1) is 32.2. The summed E-state index contributed by atoms with van der Waals surface area (Å²) in [5.41, 5.74) is 9.90. The highest BCUT2D eigenvalue weighted by atomic mass is 35.5. The number of alkyl halides is 2. The van der Waals surface area contributed by atoms with E-state index >= 15 is 0 Å². The lowest BCUT2D eigenvalue weighted by atomic mass is 9.68. The van der Waals surface area contributed by atoms with Gasteiger partial charge in [-0.3, -0.25) is 0 Å². The number of allylic oxidation sites excluding steroid dienone is 5. The van der Waals surface area contributed by atoms with Crippen LogP contribution < -0.4 is 4.74 Å². The Hall–Kier alpha value is -3.59. The predicted octanol–water partition coefficient (Wildman–Crippen LogP) is 17.6. The molecule has 4 atom stereocenters. The Balaban J connectivity index is 0.000000228. The molecule has 0 spiro atoms. The van der Waals surface area contributed by atoms with Crippen molar-refractivity contribution in [3.8, 4) is 23.0 Å². The van der Waals surface area contributed by atoms with Crippen molar-refractivity contribution in [1.82, 2.24) is 0 Å². The van der Waals surface area contributed by atoms with Gasteiger partial charge in [0.25, 0.3) is 14.1 Å². The maximum atomic E-state index is 10.8. The molecule has 370 valence electrons. The normalized spacial score (nSPS) is 19.1. The lowest BCUT2D eigenvalue weighted by molar-refractivity contribution is 0.0107. The van der Waals surface area contributed by atoms with Crippen LogP contribution in [0.15, 0.2) is 120 Å². The molecule has 3 N–H and O–H groups in total. The second-order valence-corrected chi connectivity index (χ2v) is 25.8. The van der Waals surface area contributed by atoms with Crippen LogP contribution in [0.3, 0.4) is 0 Å². The van der Waals surface area contributed by atoms with Crippen LogP contribution in [0.2, 0.25) is 15.8 Å². The van der Waals surface area contributed by atoms with Crippen molar-refractivity contribution < 1.29 is 20.1 Å². The standard InChI is InChI=1S/2C24H28O2.3C4H9.CH2Cl2.Al/c1-16-9-12-20-19(13-16)23-21(25)14-18(15-22(23)26-24(20,2)3)11-10-17-7-5-4-6-8-17;1-16(2)20-12-9-17(3)13-21(20)24-22(25)14-19(15-23(24)26)11-10-18-7-5-4-6-8-18;3*1-4(2)3;2-1-3;/h4-8,13-15,19-20,25H,9-12H2,1-3H3;4-8,13-15,20-21,25-26H,1,9-12H2,2-3H3;3*4H,1H2,2-3H3;1H2;/t19-,20+;20-,21-;;;;;/m11...../s1. The van der Waals surface area contributed by atoms with Gasteiger partial charge < -0.3 is 20.1 Å². The van der Waals surface area contributed by atoms with Crippen molar-refractivity contribution in [2.75, 3.05) is 5.34 Å². The SMILES string of the molecule is C=C(C)[C@H]1CCC(C)=C[C@H]1c1c(O)cc(CCc2ccccc2)cc1O.CC(C)[CH2][Al]([CH2]C(C)C)[CH2]C(C)C.CC1=C[C@H]2c3c(O)cc(CCc4ccccc4)cc3OC(C)(C)[C@H]2CC1.ClCCl. The maximum Gasteiger partial charge on any atom is 0.262 e. The third kappa shape index (κ3) is 17.7. The fourth-order valence-corrected chi connectivity index (χ4v) is 15.5. The van der Waals surface area contributed by atoms with Crippen LogP contribution in [-0.2, 0) is 25.7 Å². The summed E-state index contributed by atoms with van der Waals surface area (Å²) in [6.45, 7) is 29.1. The summed E-state index contributed by atoms with van der Waals surface area (Å²) in [7, 11) is 0. The molecule has 0 radical (unpaired) electrons. The Kier molecular flexibility index (Phi) is 23.2. The van der Waals surface area contributed by atoms with Gasteiger partial charge in [0.1, 0.15) is 28.6 Å². The van der Waals surface area contributed by atoms with E-state index in [2.05, 4.69) is 130 Å². The summed E-state index contributed by atoms with van der Waals surface area (Å²) < 4.78 is 6.41. The number of benzene rings is 4. The lowest BCUT2D eigenvalue weighted by Crippen LogP contribution is -2.45. The van der Waals surface area contributed by atoms with Crippen molar-refractivity contribution >= 4 is 37.4 Å². The van der Waals surface area contributed by atoms with Gasteiger partial charge in [0.15, 0.2) is 0 Å². The number of aromatic hydroxyl groups is 3. The number of phenols is 3. The molecule has 3 aliphatic rings. The molecule has 0 amide bonds. The zero-order valence-corrected chi connectivity index (χ0v) is 46.2.